The zero-order chi connectivity index (χ0) is 25.8. The van der Waals surface area contributed by atoms with Crippen LogP contribution in [0.3, 0.4) is 0 Å². The lowest BCUT2D eigenvalue weighted by Crippen LogP contribution is -2.22. The van der Waals surface area contributed by atoms with Crippen molar-refractivity contribution in [1.29, 1.82) is 0 Å². The highest BCUT2D eigenvalue weighted by Crippen LogP contribution is 2.39. The van der Waals surface area contributed by atoms with Crippen LogP contribution in [0.15, 0.2) is 62.9 Å². The maximum absolute atomic E-state index is 13.1. The van der Waals surface area contributed by atoms with Crippen LogP contribution < -0.4 is 19.8 Å². The predicted molar refractivity (Wildman–Crippen MR) is 146 cm³/mol. The van der Waals surface area contributed by atoms with Crippen molar-refractivity contribution < 1.29 is 14.2 Å². The Kier molecular flexibility index (Phi) is 8.18. The molecule has 3 aromatic carbocycles. The molecule has 4 rings (SSSR count). The van der Waals surface area contributed by atoms with Gasteiger partial charge in [-0.05, 0) is 48.0 Å². The molecular formula is C26H22BrCl2N3O4. The lowest BCUT2D eigenvalue weighted by Gasteiger charge is -2.15. The van der Waals surface area contributed by atoms with E-state index in [0.717, 1.165) is 10.0 Å². The molecule has 0 fully saturated rings. The number of benzene rings is 3. The van der Waals surface area contributed by atoms with Gasteiger partial charge in [0.1, 0.15) is 12.4 Å². The third-order valence-electron chi connectivity index (χ3n) is 5.36. The molecule has 10 heteroatoms. The molecule has 1 heterocycles. The first-order valence-electron chi connectivity index (χ1n) is 10.9. The van der Waals surface area contributed by atoms with Crippen LogP contribution >= 0.6 is 39.1 Å². The molecule has 7 nitrogen and oxygen atoms in total. The van der Waals surface area contributed by atoms with Crippen molar-refractivity contribution in [3.8, 4) is 17.2 Å². The van der Waals surface area contributed by atoms with E-state index in [1.807, 2.05) is 19.1 Å². The average molecular weight is 591 g/mol. The zero-order valence-electron chi connectivity index (χ0n) is 19.7. The SMILES string of the molecule is CCc1nc2ccc(Br)cc2c(=O)n1N=Cc1cc(OC)c(OCc2ccc(Cl)c(Cl)c2)c(OC)c1. The highest BCUT2D eigenvalue weighted by Gasteiger charge is 2.15. The normalized spacial score (nSPS) is 11.3. The van der Waals surface area contributed by atoms with E-state index in [1.165, 1.54) is 18.9 Å². The van der Waals surface area contributed by atoms with E-state index in [9.17, 15) is 4.79 Å². The standard InChI is InChI=1S/C26H22BrCl2N3O4/c1-4-24-31-21-8-6-17(27)12-18(21)26(33)32(24)30-13-16-10-22(34-2)25(23(11-16)35-3)36-14-15-5-7-19(28)20(29)9-15/h5-13H,4,14H2,1-3H3. The molecule has 0 amide bonds. The van der Waals surface area contributed by atoms with Crippen LogP contribution in [0.5, 0.6) is 17.2 Å². The van der Waals surface area contributed by atoms with E-state index in [2.05, 4.69) is 26.0 Å². The molecule has 0 aliphatic rings. The Hall–Kier alpha value is -3.07. The molecule has 0 radical (unpaired) electrons. The third-order valence-corrected chi connectivity index (χ3v) is 6.60. The molecule has 0 N–H and O–H groups in total. The summed E-state index contributed by atoms with van der Waals surface area (Å²) in [7, 11) is 3.07. The molecule has 0 bridgehead atoms. The van der Waals surface area contributed by atoms with Crippen LogP contribution in [0, 0.1) is 0 Å². The summed E-state index contributed by atoms with van der Waals surface area (Å²) < 4.78 is 19.2. The smallest absolute Gasteiger partial charge is 0.282 e. The summed E-state index contributed by atoms with van der Waals surface area (Å²) in [6, 6.07) is 14.2. The van der Waals surface area contributed by atoms with Gasteiger partial charge in [0.05, 0.1) is 41.4 Å². The summed E-state index contributed by atoms with van der Waals surface area (Å²) in [5.74, 6) is 1.86. The molecule has 0 saturated heterocycles. The molecule has 186 valence electrons. The Morgan fingerprint density at radius 1 is 1.03 bits per heavy atom. The van der Waals surface area contributed by atoms with Gasteiger partial charge >= 0.3 is 0 Å². The van der Waals surface area contributed by atoms with Crippen molar-refractivity contribution >= 4 is 56.2 Å². The van der Waals surface area contributed by atoms with Crippen molar-refractivity contribution in [3.63, 3.8) is 0 Å². The van der Waals surface area contributed by atoms with E-state index in [0.29, 0.717) is 56.0 Å². The summed E-state index contributed by atoms with van der Waals surface area (Å²) in [4.78, 5) is 17.7. The molecule has 0 atom stereocenters. The number of halogens is 3. The first-order valence-corrected chi connectivity index (χ1v) is 12.5. The van der Waals surface area contributed by atoms with E-state index in [-0.39, 0.29) is 12.2 Å². The fourth-order valence-corrected chi connectivity index (χ4v) is 4.25. The molecule has 0 aliphatic carbocycles. The van der Waals surface area contributed by atoms with Gasteiger partial charge in [0.25, 0.3) is 5.56 Å². The number of aromatic nitrogens is 2. The van der Waals surface area contributed by atoms with Crippen LogP contribution in [0.1, 0.15) is 23.9 Å². The third kappa shape index (κ3) is 5.51. The number of fused-ring (bicyclic) bond motifs is 1. The number of rotatable bonds is 8. The van der Waals surface area contributed by atoms with Gasteiger partial charge in [0.15, 0.2) is 11.5 Å². The monoisotopic (exact) mass is 589 g/mol. The molecule has 0 aliphatic heterocycles. The van der Waals surface area contributed by atoms with Gasteiger partial charge < -0.3 is 14.2 Å². The Labute approximate surface area is 226 Å². The van der Waals surface area contributed by atoms with Gasteiger partial charge in [-0.2, -0.15) is 9.78 Å². The quantitative estimate of drug-likeness (QED) is 0.219. The number of methoxy groups -OCH3 is 2. The Balaban J connectivity index is 1.68. The highest BCUT2D eigenvalue weighted by atomic mass is 79.9. The van der Waals surface area contributed by atoms with Crippen molar-refractivity contribution in [1.82, 2.24) is 9.66 Å². The fourth-order valence-electron chi connectivity index (χ4n) is 3.57. The number of aryl methyl sites for hydroxylation is 1. The summed E-state index contributed by atoms with van der Waals surface area (Å²) in [6.45, 7) is 2.15. The molecule has 0 unspecified atom stereocenters. The molecule has 36 heavy (non-hydrogen) atoms. The fraction of sp³-hybridized carbons (Fsp3) is 0.192. The zero-order valence-corrected chi connectivity index (χ0v) is 22.8. The number of ether oxygens (including phenoxy) is 3. The van der Waals surface area contributed by atoms with E-state index in [4.69, 9.17) is 37.4 Å². The Bertz CT molecular complexity index is 1500. The summed E-state index contributed by atoms with van der Waals surface area (Å²) in [5.41, 5.74) is 1.85. The number of nitrogens with zero attached hydrogens (tertiary/aromatic N) is 3. The van der Waals surface area contributed by atoms with Gasteiger partial charge in [-0.3, -0.25) is 4.79 Å². The minimum absolute atomic E-state index is 0.227. The van der Waals surface area contributed by atoms with Gasteiger partial charge in [-0.1, -0.05) is 52.1 Å². The minimum Gasteiger partial charge on any atom is -0.493 e. The highest BCUT2D eigenvalue weighted by molar-refractivity contribution is 9.10. The minimum atomic E-state index is -0.255. The van der Waals surface area contributed by atoms with E-state index >= 15 is 0 Å². The summed E-state index contributed by atoms with van der Waals surface area (Å²) in [6.07, 6.45) is 2.09. The van der Waals surface area contributed by atoms with Crippen molar-refractivity contribution in [2.75, 3.05) is 14.2 Å². The second-order valence-electron chi connectivity index (χ2n) is 7.70. The predicted octanol–water partition coefficient (Wildman–Crippen LogP) is 6.51. The van der Waals surface area contributed by atoms with Gasteiger partial charge in [0.2, 0.25) is 5.75 Å². The first-order chi connectivity index (χ1) is 17.3. The van der Waals surface area contributed by atoms with Crippen molar-refractivity contribution in [2.45, 2.75) is 20.0 Å². The van der Waals surface area contributed by atoms with Crippen molar-refractivity contribution in [3.05, 3.63) is 90.4 Å². The molecule has 1 aromatic heterocycles. The van der Waals surface area contributed by atoms with E-state index < -0.39 is 0 Å². The molecule has 0 spiro atoms. The van der Waals surface area contributed by atoms with Gasteiger partial charge in [-0.15, -0.1) is 0 Å². The maximum atomic E-state index is 13.1. The molecule has 0 saturated carbocycles. The van der Waals surface area contributed by atoms with Crippen molar-refractivity contribution in [2.24, 2.45) is 5.10 Å². The lowest BCUT2D eigenvalue weighted by molar-refractivity contribution is 0.266. The second kappa shape index (κ2) is 11.3. The number of hydrogen-bond donors (Lipinski definition) is 0. The van der Waals surface area contributed by atoms with Crippen LogP contribution in [-0.2, 0) is 13.0 Å². The second-order valence-corrected chi connectivity index (χ2v) is 9.43. The first kappa shape index (κ1) is 26.0. The van der Waals surface area contributed by atoms with Crippen LogP contribution in [0.25, 0.3) is 10.9 Å². The summed E-state index contributed by atoms with van der Waals surface area (Å²) >= 11 is 15.5. The van der Waals surface area contributed by atoms with E-state index in [1.54, 1.807) is 42.6 Å². The van der Waals surface area contributed by atoms with Gasteiger partial charge in [0, 0.05) is 16.5 Å². The van der Waals surface area contributed by atoms with Gasteiger partial charge in [-0.25, -0.2) is 4.98 Å². The number of hydrogen-bond acceptors (Lipinski definition) is 6. The van der Waals surface area contributed by atoms with Crippen LogP contribution in [0.4, 0.5) is 0 Å². The molecular weight excluding hydrogens is 569 g/mol. The lowest BCUT2D eigenvalue weighted by atomic mass is 10.2. The van der Waals surface area contributed by atoms with Crippen LogP contribution in [-0.4, -0.2) is 30.1 Å². The molecule has 4 aromatic rings. The Morgan fingerprint density at radius 3 is 2.39 bits per heavy atom. The summed E-state index contributed by atoms with van der Waals surface area (Å²) in [5, 5.41) is 5.83. The maximum Gasteiger partial charge on any atom is 0.282 e. The topological polar surface area (TPSA) is 74.9 Å². The van der Waals surface area contributed by atoms with Crippen LogP contribution in [0.2, 0.25) is 10.0 Å². The average Bonchev–Trinajstić information content (AvgIpc) is 2.88. The largest absolute Gasteiger partial charge is 0.493 e. The Morgan fingerprint density at radius 2 is 1.75 bits per heavy atom.